The van der Waals surface area contributed by atoms with Gasteiger partial charge in [-0.05, 0) is 50.7 Å². The Labute approximate surface area is 203 Å². The van der Waals surface area contributed by atoms with Gasteiger partial charge in [-0.15, -0.1) is 0 Å². The molecule has 0 saturated heterocycles. The molecule has 3 atom stereocenters. The van der Waals surface area contributed by atoms with Crippen LogP contribution in [-0.4, -0.2) is 39.9 Å². The van der Waals surface area contributed by atoms with Gasteiger partial charge in [0.05, 0.1) is 5.56 Å². The number of phenolic OH excluding ortho intramolecular Hbond substituents is 1. The molecule has 0 saturated carbocycles. The van der Waals surface area contributed by atoms with Crippen LogP contribution in [0.25, 0.3) is 0 Å². The van der Waals surface area contributed by atoms with E-state index in [0.717, 1.165) is 64.2 Å². The third kappa shape index (κ3) is 8.50. The van der Waals surface area contributed by atoms with Crippen molar-refractivity contribution >= 4 is 17.8 Å². The standard InChI is InChI=1S/C27H40N2O5/c1-3-4-5-8-14-21(15-9-6-7-13-20(2)25(28)31)34-27(33)23-17-12-19-29(23)26(32)22-16-10-11-18-24(22)30/h10-12,16,18-21,23,30H,3-9,13-15,17H2,1-2H3,(H2,28,31)/t20-,21-,23+/m1/s1. The number of nitrogens with zero attached hydrogens (tertiary/aromatic N) is 1. The molecule has 7 heteroatoms. The number of unbranched alkanes of at least 4 members (excludes halogenated alkanes) is 5. The van der Waals surface area contributed by atoms with Crippen LogP contribution in [0.5, 0.6) is 5.75 Å². The van der Waals surface area contributed by atoms with E-state index in [2.05, 4.69) is 6.92 Å². The van der Waals surface area contributed by atoms with Crippen molar-refractivity contribution in [3.8, 4) is 5.75 Å². The van der Waals surface area contributed by atoms with Crippen molar-refractivity contribution in [1.29, 1.82) is 0 Å². The summed E-state index contributed by atoms with van der Waals surface area (Å²) in [6.45, 7) is 4.01. The molecule has 34 heavy (non-hydrogen) atoms. The van der Waals surface area contributed by atoms with E-state index < -0.39 is 17.9 Å². The molecule has 3 N–H and O–H groups in total. The van der Waals surface area contributed by atoms with E-state index in [1.165, 1.54) is 11.0 Å². The van der Waals surface area contributed by atoms with Gasteiger partial charge in [-0.3, -0.25) is 9.59 Å². The quantitative estimate of drug-likeness (QED) is 0.273. The molecule has 1 aliphatic heterocycles. The fraction of sp³-hybridized carbons (Fsp3) is 0.593. The number of esters is 1. The molecular formula is C27H40N2O5. The number of aromatic hydroxyl groups is 1. The lowest BCUT2D eigenvalue weighted by Crippen LogP contribution is -2.41. The summed E-state index contributed by atoms with van der Waals surface area (Å²) in [5.74, 6) is -1.33. The third-order valence-electron chi connectivity index (χ3n) is 6.41. The molecule has 0 radical (unpaired) electrons. The van der Waals surface area contributed by atoms with Crippen molar-refractivity contribution in [2.75, 3.05) is 0 Å². The van der Waals surface area contributed by atoms with E-state index in [-0.39, 0.29) is 29.2 Å². The van der Waals surface area contributed by atoms with Crippen molar-refractivity contribution < 1.29 is 24.2 Å². The molecule has 0 aliphatic carbocycles. The van der Waals surface area contributed by atoms with Gasteiger partial charge in [-0.1, -0.05) is 64.2 Å². The van der Waals surface area contributed by atoms with Gasteiger partial charge >= 0.3 is 5.97 Å². The van der Waals surface area contributed by atoms with Crippen LogP contribution in [0.15, 0.2) is 36.5 Å². The number of nitrogens with two attached hydrogens (primary N) is 1. The van der Waals surface area contributed by atoms with Crippen LogP contribution in [0.2, 0.25) is 0 Å². The lowest BCUT2D eigenvalue weighted by Gasteiger charge is -2.26. The Balaban J connectivity index is 1.93. The lowest BCUT2D eigenvalue weighted by molar-refractivity contribution is -0.154. The summed E-state index contributed by atoms with van der Waals surface area (Å²) >= 11 is 0. The van der Waals surface area contributed by atoms with E-state index in [1.54, 1.807) is 30.5 Å². The molecular weight excluding hydrogens is 432 g/mol. The Hall–Kier alpha value is -2.83. The van der Waals surface area contributed by atoms with E-state index in [4.69, 9.17) is 10.5 Å². The van der Waals surface area contributed by atoms with Crippen LogP contribution >= 0.6 is 0 Å². The number of para-hydroxylation sites is 1. The summed E-state index contributed by atoms with van der Waals surface area (Å²) in [5, 5.41) is 10.0. The average molecular weight is 473 g/mol. The van der Waals surface area contributed by atoms with Crippen molar-refractivity contribution in [1.82, 2.24) is 4.90 Å². The van der Waals surface area contributed by atoms with Gasteiger partial charge in [0.25, 0.3) is 5.91 Å². The number of ether oxygens (including phenoxy) is 1. The maximum Gasteiger partial charge on any atom is 0.329 e. The maximum atomic E-state index is 13.1. The van der Waals surface area contributed by atoms with E-state index in [0.29, 0.717) is 6.42 Å². The Morgan fingerprint density at radius 2 is 1.71 bits per heavy atom. The van der Waals surface area contributed by atoms with Crippen LogP contribution in [0.4, 0.5) is 0 Å². The average Bonchev–Trinajstić information content (AvgIpc) is 3.31. The third-order valence-corrected chi connectivity index (χ3v) is 6.41. The van der Waals surface area contributed by atoms with Gasteiger partial charge < -0.3 is 20.5 Å². The summed E-state index contributed by atoms with van der Waals surface area (Å²) in [6.07, 6.45) is 13.1. The number of amides is 2. The van der Waals surface area contributed by atoms with Crippen LogP contribution in [-0.2, 0) is 14.3 Å². The lowest BCUT2D eigenvalue weighted by atomic mass is 9.99. The van der Waals surface area contributed by atoms with Crippen molar-refractivity contribution in [3.63, 3.8) is 0 Å². The van der Waals surface area contributed by atoms with E-state index >= 15 is 0 Å². The minimum atomic E-state index is -0.721. The minimum absolute atomic E-state index is 0.112. The normalized spacial score (nSPS) is 16.9. The predicted molar refractivity (Wildman–Crippen MR) is 132 cm³/mol. The Morgan fingerprint density at radius 1 is 1.06 bits per heavy atom. The SMILES string of the molecule is CCCCCC[C@H](CCCCC[C@@H](C)C(N)=O)OC(=O)[C@@H]1CC=CN1C(=O)c1ccccc1O. The molecule has 0 fully saturated rings. The highest BCUT2D eigenvalue weighted by molar-refractivity contribution is 6.00. The molecule has 0 aromatic heterocycles. The highest BCUT2D eigenvalue weighted by Crippen LogP contribution is 2.25. The molecule has 0 spiro atoms. The second-order valence-electron chi connectivity index (χ2n) is 9.22. The summed E-state index contributed by atoms with van der Waals surface area (Å²) in [7, 11) is 0. The summed E-state index contributed by atoms with van der Waals surface area (Å²) in [6, 6.07) is 5.60. The van der Waals surface area contributed by atoms with Crippen molar-refractivity contribution in [2.24, 2.45) is 11.7 Å². The van der Waals surface area contributed by atoms with Gasteiger partial charge in [0.15, 0.2) is 0 Å². The summed E-state index contributed by atoms with van der Waals surface area (Å²) in [4.78, 5) is 38.5. The van der Waals surface area contributed by atoms with Gasteiger partial charge in [0.1, 0.15) is 17.9 Å². The van der Waals surface area contributed by atoms with Crippen LogP contribution in [0.1, 0.15) is 94.8 Å². The Morgan fingerprint density at radius 3 is 2.35 bits per heavy atom. The molecule has 188 valence electrons. The van der Waals surface area contributed by atoms with E-state index in [9.17, 15) is 19.5 Å². The summed E-state index contributed by atoms with van der Waals surface area (Å²) < 4.78 is 5.92. The predicted octanol–water partition coefficient (Wildman–Crippen LogP) is 5.07. The highest BCUT2D eigenvalue weighted by Gasteiger charge is 2.34. The molecule has 2 amide bonds. The molecule has 0 bridgehead atoms. The highest BCUT2D eigenvalue weighted by atomic mass is 16.5. The van der Waals surface area contributed by atoms with Gasteiger partial charge in [-0.2, -0.15) is 0 Å². The monoisotopic (exact) mass is 472 g/mol. The Bertz CT molecular complexity index is 838. The van der Waals surface area contributed by atoms with Gasteiger partial charge in [-0.25, -0.2) is 4.79 Å². The number of hydrogen-bond donors (Lipinski definition) is 2. The second-order valence-corrected chi connectivity index (χ2v) is 9.22. The van der Waals surface area contributed by atoms with E-state index in [1.807, 2.05) is 6.92 Å². The van der Waals surface area contributed by atoms with Crippen molar-refractivity contribution in [3.05, 3.63) is 42.1 Å². The zero-order chi connectivity index (χ0) is 24.9. The fourth-order valence-corrected chi connectivity index (χ4v) is 4.18. The molecule has 2 rings (SSSR count). The number of primary amides is 1. The Kier molecular flexibility index (Phi) is 11.6. The minimum Gasteiger partial charge on any atom is -0.507 e. The molecule has 7 nitrogen and oxygen atoms in total. The topological polar surface area (TPSA) is 110 Å². The fourth-order valence-electron chi connectivity index (χ4n) is 4.18. The first kappa shape index (κ1) is 27.4. The van der Waals surface area contributed by atoms with Crippen molar-refractivity contribution in [2.45, 2.75) is 96.6 Å². The number of rotatable bonds is 15. The maximum absolute atomic E-state index is 13.1. The molecule has 1 aromatic carbocycles. The number of phenols is 1. The molecule has 0 unspecified atom stereocenters. The van der Waals surface area contributed by atoms with Gasteiger partial charge in [0.2, 0.25) is 5.91 Å². The molecule has 1 heterocycles. The number of carbonyl (C=O) groups is 3. The first-order valence-corrected chi connectivity index (χ1v) is 12.6. The van der Waals surface area contributed by atoms with Crippen LogP contribution in [0, 0.1) is 5.92 Å². The first-order valence-electron chi connectivity index (χ1n) is 12.6. The molecule has 1 aromatic rings. The van der Waals surface area contributed by atoms with Gasteiger partial charge in [0, 0.05) is 12.1 Å². The largest absolute Gasteiger partial charge is 0.507 e. The number of carbonyl (C=O) groups excluding carboxylic acids is 3. The number of benzene rings is 1. The zero-order valence-corrected chi connectivity index (χ0v) is 20.6. The molecule has 1 aliphatic rings. The first-order chi connectivity index (χ1) is 16.3. The van der Waals surface area contributed by atoms with Crippen LogP contribution < -0.4 is 5.73 Å². The number of hydrogen-bond acceptors (Lipinski definition) is 5. The summed E-state index contributed by atoms with van der Waals surface area (Å²) in [5.41, 5.74) is 5.49. The second kappa shape index (κ2) is 14.4. The zero-order valence-electron chi connectivity index (χ0n) is 20.6. The van der Waals surface area contributed by atoms with Crippen LogP contribution in [0.3, 0.4) is 0 Å². The smallest absolute Gasteiger partial charge is 0.329 e.